The molecule has 736 valence electrons. The number of benzene rings is 4. The summed E-state index contributed by atoms with van der Waals surface area (Å²) in [6.45, 7) is 3.48. The first-order valence-electron chi connectivity index (χ1n) is 46.4. The van der Waals surface area contributed by atoms with E-state index in [2.05, 4.69) is 111 Å². The van der Waals surface area contributed by atoms with Gasteiger partial charge in [-0.2, -0.15) is 40.8 Å². The third-order valence-electron chi connectivity index (χ3n) is 24.5. The highest BCUT2D eigenvalue weighted by atomic mass is 32.2. The van der Waals surface area contributed by atoms with Crippen molar-refractivity contribution in [3.63, 3.8) is 0 Å². The van der Waals surface area contributed by atoms with Crippen LogP contribution in [0, 0.1) is 5.92 Å². The zero-order chi connectivity index (χ0) is 99.3. The van der Waals surface area contributed by atoms with E-state index in [9.17, 15) is 33.7 Å². The van der Waals surface area contributed by atoms with E-state index < -0.39 is 39.9 Å². The lowest BCUT2D eigenvalue weighted by Gasteiger charge is -2.24. The highest BCUT2D eigenvalue weighted by Crippen LogP contribution is 2.38. The van der Waals surface area contributed by atoms with Crippen LogP contribution in [0.25, 0.3) is 135 Å². The van der Waals surface area contributed by atoms with Gasteiger partial charge in [-0.1, -0.05) is 85.6 Å². The molecule has 12 aromatic heterocycles. The fraction of sp³-hybridized carbons (Fsp3) is 0.347. The quantitative estimate of drug-likeness (QED) is 0.0252. The molecule has 0 bridgehead atoms. The summed E-state index contributed by atoms with van der Waals surface area (Å²) < 4.78 is 114. The molecule has 2 unspecified atom stereocenters. The van der Waals surface area contributed by atoms with Gasteiger partial charge in [-0.05, 0) is 110 Å². The maximum atomic E-state index is 12.3. The van der Waals surface area contributed by atoms with Crippen LogP contribution in [-0.4, -0.2) is 249 Å². The minimum atomic E-state index is -3.27. The average Bonchev–Trinajstić information content (AvgIpc) is 1.77. The molecule has 43 heteroatoms. The number of anilines is 4. The van der Waals surface area contributed by atoms with Crippen molar-refractivity contribution in [3.8, 4) is 135 Å². The fourth-order valence-corrected chi connectivity index (χ4v) is 20.7. The number of unbranched alkanes of at least 4 members (excludes halogenated alkanes) is 2. The van der Waals surface area contributed by atoms with Gasteiger partial charge in [0.25, 0.3) is 0 Å². The number of hydrogen-bond donors (Lipinski definition) is 5. The monoisotopic (exact) mass is 1980 g/mol. The molecule has 5 N–H and O–H groups in total. The Bertz CT molecular complexity index is 7550. The lowest BCUT2D eigenvalue weighted by molar-refractivity contribution is 0.416. The number of sulfone groups is 1. The van der Waals surface area contributed by atoms with E-state index in [1.165, 1.54) is 25.0 Å². The molecular weight excluding hydrogens is 1870 g/mol. The SMILES string of the molecule is Cn1cc(-c2cccc(-c3ncc(-c4cnn(C)c4)c(NC4CCCCN(S(C)(=O)=O)C4)n3)c2)cn1.Cn1cc(-c2cccc(-c3ncc(-c4cnn(C)c4)c(NCCC4CCN(S(C)(=O)=O)C4)n3)c2)cn1.Cn1cc(-c2cccc(-c3ncc(-c4cnn(C)c4)c(NCCCCCS(C)(=O)=O)n3)c2)cn1.Cn1cc(-c2cccc(-c3ncc(-c4cnn(C)c4)c(N[C@@H]4CC[C@H](NS(C)(=O)=O)C4)n3)c2)cn1. The Morgan fingerprint density at radius 3 is 0.986 bits per heavy atom. The van der Waals surface area contributed by atoms with Gasteiger partial charge in [-0.3, -0.25) is 37.5 Å². The number of aryl methyl sites for hydroxylation is 8. The molecule has 4 atom stereocenters. The topological polar surface area (TPSA) is 449 Å². The van der Waals surface area contributed by atoms with Crippen molar-refractivity contribution in [1.82, 2.24) is 131 Å². The summed E-state index contributed by atoms with van der Waals surface area (Å²) in [6, 6.07) is 32.3. The second-order valence-electron chi connectivity index (χ2n) is 36.2. The molecule has 16 aromatic rings. The summed E-state index contributed by atoms with van der Waals surface area (Å²) in [7, 11) is 2.50. The first-order valence-corrected chi connectivity index (χ1v) is 54.1. The summed E-state index contributed by atoms with van der Waals surface area (Å²) in [5.41, 5.74) is 19.0. The van der Waals surface area contributed by atoms with E-state index in [1.54, 1.807) is 70.9 Å². The molecule has 3 fully saturated rings. The highest BCUT2D eigenvalue weighted by Gasteiger charge is 2.32. The lowest BCUT2D eigenvalue weighted by Crippen LogP contribution is -2.38. The number of sulfonamides is 3. The van der Waals surface area contributed by atoms with Gasteiger partial charge in [0.05, 0.1) is 68.3 Å². The highest BCUT2D eigenvalue weighted by molar-refractivity contribution is 7.90. The Balaban J connectivity index is 0.000000135. The minimum Gasteiger partial charge on any atom is -0.369 e. The predicted molar refractivity (Wildman–Crippen MR) is 548 cm³/mol. The Morgan fingerprint density at radius 1 is 0.319 bits per heavy atom. The van der Waals surface area contributed by atoms with Crippen LogP contribution in [0.3, 0.4) is 0 Å². The second-order valence-corrected chi connectivity index (χ2v) is 44.2. The number of rotatable bonds is 31. The summed E-state index contributed by atoms with van der Waals surface area (Å²) in [4.78, 5) is 38.3. The Hall–Kier alpha value is -14.2. The first-order chi connectivity index (χ1) is 67.5. The van der Waals surface area contributed by atoms with Gasteiger partial charge in [-0.25, -0.2) is 86.9 Å². The first kappa shape index (κ1) is 99.8. The van der Waals surface area contributed by atoms with Crippen LogP contribution in [0.1, 0.15) is 70.6 Å². The largest absolute Gasteiger partial charge is 0.369 e. The van der Waals surface area contributed by atoms with Gasteiger partial charge in [0.15, 0.2) is 23.3 Å². The summed E-state index contributed by atoms with van der Waals surface area (Å²) in [5.74, 6) is 5.83. The predicted octanol–water partition coefficient (Wildman–Crippen LogP) is 12.6. The maximum absolute atomic E-state index is 12.3. The van der Waals surface area contributed by atoms with Crippen molar-refractivity contribution in [2.75, 3.05) is 91.3 Å². The third-order valence-corrected chi connectivity index (χ3v) is 28.8. The summed E-state index contributed by atoms with van der Waals surface area (Å²) >= 11 is 0. The number of nitrogens with one attached hydrogen (secondary N) is 5. The van der Waals surface area contributed by atoms with Gasteiger partial charge in [0, 0.05) is 289 Å². The molecular formula is C98H117N31O8S4. The molecule has 0 radical (unpaired) electrons. The van der Waals surface area contributed by atoms with Gasteiger partial charge in [0.1, 0.15) is 33.1 Å². The van der Waals surface area contributed by atoms with Crippen molar-refractivity contribution in [1.29, 1.82) is 0 Å². The zero-order valence-electron chi connectivity index (χ0n) is 80.8. The molecule has 1 aliphatic carbocycles. The number of aromatic nitrogens is 24. The Kier molecular flexibility index (Phi) is 31.2. The van der Waals surface area contributed by atoms with E-state index in [4.69, 9.17) is 19.9 Å². The van der Waals surface area contributed by atoms with Crippen molar-refractivity contribution in [2.45, 2.75) is 88.8 Å². The third kappa shape index (κ3) is 26.9. The van der Waals surface area contributed by atoms with Crippen LogP contribution in [0.4, 0.5) is 23.3 Å². The Labute approximate surface area is 820 Å². The van der Waals surface area contributed by atoms with Crippen molar-refractivity contribution < 1.29 is 33.7 Å². The molecule has 141 heavy (non-hydrogen) atoms. The van der Waals surface area contributed by atoms with Crippen LogP contribution in [0.5, 0.6) is 0 Å². The molecule has 2 saturated heterocycles. The molecule has 14 heterocycles. The molecule has 0 spiro atoms. The number of nitrogens with zero attached hydrogens (tertiary/aromatic N) is 26. The van der Waals surface area contributed by atoms with E-state index in [-0.39, 0.29) is 23.9 Å². The molecule has 19 rings (SSSR count). The van der Waals surface area contributed by atoms with E-state index >= 15 is 0 Å². The molecule has 1 saturated carbocycles. The van der Waals surface area contributed by atoms with Crippen LogP contribution in [-0.2, 0) is 96.3 Å². The molecule has 3 aliphatic rings. The van der Waals surface area contributed by atoms with Gasteiger partial charge in [0.2, 0.25) is 30.1 Å². The van der Waals surface area contributed by atoms with Gasteiger partial charge >= 0.3 is 0 Å². The number of hydrogen-bond acceptors (Lipinski definition) is 28. The van der Waals surface area contributed by atoms with Crippen LogP contribution < -0.4 is 26.0 Å². The standard InChI is InChI=1S/2C25H30N8O2S.C24H28N8O2S.C24H29N7O2S/c1-31-15-20(12-27-31)18-7-6-8-19(11-18)24-26-14-23(21-13-28-32(2)16-21)25(30-24)29-22-9-4-5-10-33(17-22)36(3,34)35;1-31-16-21(12-28-31)19-5-4-6-20(11-19)24-27-14-23(22-13-29-32(2)17-22)25(30-24)26-9-7-18-8-10-33(15-18)36(3,34)35;1-31-14-18(11-26-31)16-5-4-6-17(9-16)23-25-13-22(19-12-27-32(2)15-19)24(29-23)28-20-7-8-21(10-20)30-35(3,33)34;1-30-16-20(13-27-30)18-8-7-9-19(12-18)23-26-15-22(21-14-28-31(2)17-21)24(29-23)25-10-5-4-6-11-34(3,32)33/h6-8,11-16,22H,4-5,9-10,17H2,1-3H3,(H,26,29,30);4-6,11-14,16-18H,7-10,15H2,1-3H3,(H,26,27,30);4-6,9,11-15,20-21,30H,7-8,10H2,1-3H3,(H,25,28,29);7-9,12-17H,4-6,10-11H2,1-3H3,(H,25,26,29)/t;;20-,21+;/m..1./s1. The van der Waals surface area contributed by atoms with E-state index in [0.29, 0.717) is 93.0 Å². The van der Waals surface area contributed by atoms with E-state index in [0.717, 1.165) is 181 Å². The zero-order valence-corrected chi connectivity index (χ0v) is 84.1. The fourth-order valence-electron chi connectivity index (χ4n) is 17.3. The van der Waals surface area contributed by atoms with Crippen molar-refractivity contribution in [3.05, 3.63) is 221 Å². The van der Waals surface area contributed by atoms with Crippen LogP contribution >= 0.6 is 0 Å². The van der Waals surface area contributed by atoms with Crippen molar-refractivity contribution >= 4 is 63.2 Å². The summed E-state index contributed by atoms with van der Waals surface area (Å²) in [5, 5.41) is 48.3. The normalized spacial score (nSPS) is 15.9. The molecule has 4 aromatic carbocycles. The van der Waals surface area contributed by atoms with Crippen LogP contribution in [0.15, 0.2) is 221 Å². The van der Waals surface area contributed by atoms with E-state index in [1.807, 2.05) is 228 Å². The van der Waals surface area contributed by atoms with Crippen LogP contribution in [0.2, 0.25) is 0 Å². The molecule has 2 aliphatic heterocycles. The average molecular weight is 1990 g/mol. The van der Waals surface area contributed by atoms with Gasteiger partial charge < -0.3 is 21.3 Å². The minimum absolute atomic E-state index is 0.0675. The smallest absolute Gasteiger partial charge is 0.211 e. The van der Waals surface area contributed by atoms with Gasteiger partial charge in [-0.15, -0.1) is 0 Å². The molecule has 0 amide bonds. The second kappa shape index (κ2) is 44.1. The van der Waals surface area contributed by atoms with Crippen molar-refractivity contribution in [2.24, 2.45) is 62.3 Å². The Morgan fingerprint density at radius 2 is 0.645 bits per heavy atom. The molecule has 39 nitrogen and oxygen atoms in total. The lowest BCUT2D eigenvalue weighted by atomic mass is 10.0. The maximum Gasteiger partial charge on any atom is 0.211 e. The summed E-state index contributed by atoms with van der Waals surface area (Å²) in [6.07, 6.45) is 51.4.